The first-order chi connectivity index (χ1) is 13.1. The van der Waals surface area contributed by atoms with Gasteiger partial charge in [0.05, 0.1) is 25.6 Å². The molecule has 1 aliphatic rings. The molecule has 0 unspecified atom stereocenters. The van der Waals surface area contributed by atoms with Gasteiger partial charge in [0.2, 0.25) is 0 Å². The van der Waals surface area contributed by atoms with Gasteiger partial charge < -0.3 is 19.6 Å². The van der Waals surface area contributed by atoms with E-state index in [4.69, 9.17) is 19.5 Å². The van der Waals surface area contributed by atoms with Crippen LogP contribution in [0.2, 0.25) is 0 Å². The minimum atomic E-state index is -3.29. The number of benzene rings is 1. The SMILES string of the molecule is Nc1ncnc2c1ncn2CCOC[P@]1(=O)OCC[C@@H](c2ccccc2)O1. The Morgan fingerprint density at radius 3 is 2.96 bits per heavy atom. The monoisotopic (exact) mass is 389 g/mol. The van der Waals surface area contributed by atoms with Crippen LogP contribution in [0.15, 0.2) is 43.0 Å². The van der Waals surface area contributed by atoms with Gasteiger partial charge in [0, 0.05) is 13.0 Å². The summed E-state index contributed by atoms with van der Waals surface area (Å²) in [6.07, 6.45) is 3.34. The Balaban J connectivity index is 1.33. The van der Waals surface area contributed by atoms with E-state index in [0.29, 0.717) is 43.2 Å². The fraction of sp³-hybridized carbons (Fsp3) is 0.353. The first-order valence-electron chi connectivity index (χ1n) is 8.61. The average Bonchev–Trinajstić information content (AvgIpc) is 3.11. The van der Waals surface area contributed by atoms with E-state index >= 15 is 0 Å². The number of nitrogens with two attached hydrogens (primary N) is 1. The fourth-order valence-corrected chi connectivity index (χ4v) is 4.49. The molecule has 9 nitrogen and oxygen atoms in total. The standard InChI is InChI=1S/C17H20N5O4P/c18-16-15-17(20-10-19-16)22(11-21-15)7-9-24-12-27(23)25-8-6-14(26-27)13-4-2-1-3-5-13/h1-5,10-11,14H,6-9,12H2,(H2,18,19,20)/t14-,27-/m0/s1. The van der Waals surface area contributed by atoms with Crippen molar-refractivity contribution in [1.82, 2.24) is 19.5 Å². The zero-order chi connectivity index (χ0) is 18.7. The van der Waals surface area contributed by atoms with Crippen LogP contribution in [0, 0.1) is 0 Å². The van der Waals surface area contributed by atoms with Crippen LogP contribution in [-0.4, -0.2) is 39.1 Å². The molecule has 2 aromatic heterocycles. The van der Waals surface area contributed by atoms with E-state index in [9.17, 15) is 4.57 Å². The molecule has 2 N–H and O–H groups in total. The summed E-state index contributed by atoms with van der Waals surface area (Å²) < 4.78 is 31.3. The van der Waals surface area contributed by atoms with Crippen molar-refractivity contribution in [1.29, 1.82) is 0 Å². The largest absolute Gasteiger partial charge is 0.382 e. The summed E-state index contributed by atoms with van der Waals surface area (Å²) >= 11 is 0. The van der Waals surface area contributed by atoms with E-state index in [1.807, 2.05) is 30.3 Å². The molecule has 0 saturated carbocycles. The molecule has 1 aliphatic heterocycles. The molecule has 0 amide bonds. The minimum Gasteiger partial charge on any atom is -0.382 e. The molecular weight excluding hydrogens is 369 g/mol. The summed E-state index contributed by atoms with van der Waals surface area (Å²) in [5.41, 5.74) is 7.94. The Bertz CT molecular complexity index is 964. The summed E-state index contributed by atoms with van der Waals surface area (Å²) in [7, 11) is -3.29. The predicted octanol–water partition coefficient (Wildman–Crippen LogP) is 2.75. The fourth-order valence-electron chi connectivity index (χ4n) is 2.94. The maximum absolute atomic E-state index is 12.8. The molecule has 142 valence electrons. The van der Waals surface area contributed by atoms with Gasteiger partial charge in [-0.3, -0.25) is 9.09 Å². The number of nitrogens with zero attached hydrogens (tertiary/aromatic N) is 4. The molecular formula is C17H20N5O4P. The number of anilines is 1. The molecule has 3 aromatic rings. The van der Waals surface area contributed by atoms with Gasteiger partial charge in [-0.2, -0.15) is 0 Å². The molecule has 0 bridgehead atoms. The lowest BCUT2D eigenvalue weighted by molar-refractivity contribution is 0.0563. The van der Waals surface area contributed by atoms with Gasteiger partial charge in [-0.15, -0.1) is 0 Å². The highest BCUT2D eigenvalue weighted by Gasteiger charge is 2.34. The van der Waals surface area contributed by atoms with Crippen molar-refractivity contribution in [2.24, 2.45) is 0 Å². The van der Waals surface area contributed by atoms with Gasteiger partial charge >= 0.3 is 7.60 Å². The Morgan fingerprint density at radius 2 is 2.11 bits per heavy atom. The van der Waals surface area contributed by atoms with E-state index < -0.39 is 7.60 Å². The third kappa shape index (κ3) is 4.01. The molecule has 10 heteroatoms. The molecule has 1 saturated heterocycles. The van der Waals surface area contributed by atoms with Crippen molar-refractivity contribution in [3.05, 3.63) is 48.5 Å². The van der Waals surface area contributed by atoms with Crippen LogP contribution in [0.25, 0.3) is 11.2 Å². The van der Waals surface area contributed by atoms with Crippen LogP contribution in [0.5, 0.6) is 0 Å². The molecule has 4 rings (SSSR count). The second kappa shape index (κ2) is 7.74. The van der Waals surface area contributed by atoms with Crippen molar-refractivity contribution < 1.29 is 18.3 Å². The van der Waals surface area contributed by atoms with E-state index in [1.165, 1.54) is 6.33 Å². The lowest BCUT2D eigenvalue weighted by Crippen LogP contribution is -2.17. The third-order valence-electron chi connectivity index (χ3n) is 4.28. The predicted molar refractivity (Wildman–Crippen MR) is 99.0 cm³/mol. The van der Waals surface area contributed by atoms with E-state index in [2.05, 4.69) is 15.0 Å². The number of hydrogen-bond acceptors (Lipinski definition) is 8. The topological polar surface area (TPSA) is 114 Å². The van der Waals surface area contributed by atoms with Gasteiger partial charge in [0.25, 0.3) is 0 Å². The number of rotatable bonds is 6. The zero-order valence-corrected chi connectivity index (χ0v) is 15.5. The number of imidazole rings is 1. The number of nitrogen functional groups attached to an aromatic ring is 1. The van der Waals surface area contributed by atoms with Crippen LogP contribution >= 0.6 is 7.60 Å². The summed E-state index contributed by atoms with van der Waals surface area (Å²) in [6, 6.07) is 9.71. The Labute approximate surface area is 156 Å². The number of fused-ring (bicyclic) bond motifs is 1. The smallest absolute Gasteiger partial charge is 0.356 e. The molecule has 0 aliphatic carbocycles. The van der Waals surface area contributed by atoms with Crippen LogP contribution in [-0.2, 0) is 24.9 Å². The first kappa shape index (κ1) is 18.1. The van der Waals surface area contributed by atoms with Crippen molar-refractivity contribution in [3.63, 3.8) is 0 Å². The van der Waals surface area contributed by atoms with Crippen LogP contribution in [0.4, 0.5) is 5.82 Å². The highest BCUT2D eigenvalue weighted by molar-refractivity contribution is 7.53. The van der Waals surface area contributed by atoms with Gasteiger partial charge in [0.15, 0.2) is 11.5 Å². The van der Waals surface area contributed by atoms with Crippen LogP contribution in [0.3, 0.4) is 0 Å². The molecule has 2 atom stereocenters. The number of ether oxygens (including phenoxy) is 1. The minimum absolute atomic E-state index is 0.0971. The molecule has 3 heterocycles. The molecule has 1 aromatic carbocycles. The van der Waals surface area contributed by atoms with Crippen molar-refractivity contribution in [2.45, 2.75) is 19.1 Å². The van der Waals surface area contributed by atoms with Gasteiger partial charge in [-0.25, -0.2) is 15.0 Å². The second-order valence-electron chi connectivity index (χ2n) is 6.14. The van der Waals surface area contributed by atoms with E-state index in [1.54, 1.807) is 10.9 Å². The first-order valence-corrected chi connectivity index (χ1v) is 10.3. The van der Waals surface area contributed by atoms with Crippen LogP contribution < -0.4 is 5.73 Å². The lowest BCUT2D eigenvalue weighted by Gasteiger charge is -2.29. The summed E-state index contributed by atoms with van der Waals surface area (Å²) in [6.45, 7) is 1.17. The number of hydrogen-bond donors (Lipinski definition) is 1. The zero-order valence-electron chi connectivity index (χ0n) is 14.6. The highest BCUT2D eigenvalue weighted by Crippen LogP contribution is 2.55. The molecule has 0 spiro atoms. The Hall–Kier alpha value is -2.32. The number of aromatic nitrogens is 4. The van der Waals surface area contributed by atoms with E-state index in [0.717, 1.165) is 5.56 Å². The van der Waals surface area contributed by atoms with Crippen molar-refractivity contribution in [2.75, 3.05) is 25.3 Å². The third-order valence-corrected chi connectivity index (χ3v) is 5.93. The Kier molecular flexibility index (Phi) is 5.18. The van der Waals surface area contributed by atoms with Crippen molar-refractivity contribution >= 4 is 24.6 Å². The summed E-state index contributed by atoms with van der Waals surface area (Å²) in [5.74, 6) is 0.333. The normalized spacial score (nSPS) is 22.9. The quantitative estimate of drug-likeness (QED) is 0.506. The Morgan fingerprint density at radius 1 is 1.26 bits per heavy atom. The van der Waals surface area contributed by atoms with Gasteiger partial charge in [-0.05, 0) is 5.56 Å². The van der Waals surface area contributed by atoms with Crippen LogP contribution in [0.1, 0.15) is 18.1 Å². The second-order valence-corrected chi connectivity index (χ2v) is 8.09. The summed E-state index contributed by atoms with van der Waals surface area (Å²) in [5, 5.41) is 0. The molecule has 27 heavy (non-hydrogen) atoms. The highest BCUT2D eigenvalue weighted by atomic mass is 31.2. The summed E-state index contributed by atoms with van der Waals surface area (Å²) in [4.78, 5) is 12.3. The maximum atomic E-state index is 12.8. The molecule has 0 radical (unpaired) electrons. The van der Waals surface area contributed by atoms with Crippen molar-refractivity contribution in [3.8, 4) is 0 Å². The van der Waals surface area contributed by atoms with E-state index in [-0.39, 0.29) is 12.5 Å². The maximum Gasteiger partial charge on any atom is 0.356 e. The lowest BCUT2D eigenvalue weighted by atomic mass is 10.1. The van der Waals surface area contributed by atoms with Gasteiger partial charge in [0.1, 0.15) is 18.2 Å². The van der Waals surface area contributed by atoms with Gasteiger partial charge in [-0.1, -0.05) is 30.3 Å². The average molecular weight is 389 g/mol. The molecule has 1 fully saturated rings.